The highest BCUT2D eigenvalue weighted by atomic mass is 19.1. The van der Waals surface area contributed by atoms with Gasteiger partial charge in [-0.3, -0.25) is 9.36 Å². The molecule has 142 valence electrons. The number of halogens is 1. The molecule has 3 aromatic rings. The van der Waals surface area contributed by atoms with E-state index in [1.165, 1.54) is 35.8 Å². The molecule has 0 radical (unpaired) electrons. The van der Waals surface area contributed by atoms with Gasteiger partial charge in [0, 0.05) is 0 Å². The van der Waals surface area contributed by atoms with E-state index in [2.05, 4.69) is 4.98 Å². The molecule has 0 aliphatic heterocycles. The lowest BCUT2D eigenvalue weighted by molar-refractivity contribution is -0.152. The number of benzene rings is 2. The molecule has 1 aromatic heterocycles. The van der Waals surface area contributed by atoms with Crippen LogP contribution in [-0.2, 0) is 22.7 Å². The van der Waals surface area contributed by atoms with Crippen LogP contribution >= 0.6 is 0 Å². The van der Waals surface area contributed by atoms with Crippen molar-refractivity contribution in [3.8, 4) is 11.8 Å². The Balaban J connectivity index is 1.76. The molecular weight excluding hydrogens is 365 g/mol. The van der Waals surface area contributed by atoms with Gasteiger partial charge in [-0.05, 0) is 43.3 Å². The van der Waals surface area contributed by atoms with Crippen LogP contribution in [0.5, 0.6) is 5.75 Å². The number of hydrogen-bond acceptors (Lipinski definition) is 6. The fourth-order valence-corrected chi connectivity index (χ4v) is 2.58. The van der Waals surface area contributed by atoms with Gasteiger partial charge in [0.2, 0.25) is 0 Å². The van der Waals surface area contributed by atoms with Crippen LogP contribution in [0.15, 0.2) is 53.3 Å². The van der Waals surface area contributed by atoms with Crippen LogP contribution in [0.1, 0.15) is 12.7 Å². The summed E-state index contributed by atoms with van der Waals surface area (Å²) in [7, 11) is 0. The van der Waals surface area contributed by atoms with Crippen LogP contribution < -0.4 is 10.3 Å². The summed E-state index contributed by atoms with van der Waals surface area (Å²) in [5.41, 5.74) is 0.0668. The molecule has 3 rings (SSSR count). The van der Waals surface area contributed by atoms with Crippen molar-refractivity contribution in [2.24, 2.45) is 0 Å². The van der Waals surface area contributed by atoms with E-state index in [9.17, 15) is 14.0 Å². The number of hydrogen-bond donors (Lipinski definition) is 0. The van der Waals surface area contributed by atoms with Crippen LogP contribution in [0.2, 0.25) is 0 Å². The van der Waals surface area contributed by atoms with Gasteiger partial charge in [-0.25, -0.2) is 14.2 Å². The summed E-state index contributed by atoms with van der Waals surface area (Å²) in [4.78, 5) is 29.1. The van der Waals surface area contributed by atoms with Gasteiger partial charge in [-0.15, -0.1) is 0 Å². The molecule has 0 aliphatic rings. The number of rotatable bonds is 6. The number of ether oxygens (including phenoxy) is 2. The predicted octanol–water partition coefficient (Wildman–Crippen LogP) is 2.57. The Labute approximate surface area is 159 Å². The third-order valence-electron chi connectivity index (χ3n) is 3.97. The standard InChI is InChI=1S/C20H16FN3O4/c1-13(28-15-8-6-14(21)7-9-15)20(26)27-12-18-23-17-5-3-2-4-16(17)19(25)24(18)11-10-22/h2-9,13H,11-12H2,1H3/t13-/m1/s1. The number of para-hydroxylation sites is 1. The highest BCUT2D eigenvalue weighted by Crippen LogP contribution is 2.14. The Morgan fingerprint density at radius 1 is 1.25 bits per heavy atom. The van der Waals surface area contributed by atoms with E-state index >= 15 is 0 Å². The van der Waals surface area contributed by atoms with Crippen molar-refractivity contribution < 1.29 is 18.7 Å². The second-order valence-electron chi connectivity index (χ2n) is 5.92. The summed E-state index contributed by atoms with van der Waals surface area (Å²) in [6.07, 6.45) is -0.956. The second kappa shape index (κ2) is 8.31. The number of carbonyl (C=O) groups excluding carboxylic acids is 1. The van der Waals surface area contributed by atoms with E-state index in [0.717, 1.165) is 0 Å². The first-order chi connectivity index (χ1) is 13.5. The maximum atomic E-state index is 12.9. The lowest BCUT2D eigenvalue weighted by Crippen LogP contribution is -2.29. The zero-order valence-corrected chi connectivity index (χ0v) is 15.0. The molecule has 0 saturated heterocycles. The molecule has 7 nitrogen and oxygen atoms in total. The van der Waals surface area contributed by atoms with Crippen LogP contribution in [0.4, 0.5) is 4.39 Å². The molecule has 28 heavy (non-hydrogen) atoms. The average molecular weight is 381 g/mol. The van der Waals surface area contributed by atoms with E-state index < -0.39 is 17.9 Å². The Bertz CT molecular complexity index is 1100. The number of aromatic nitrogens is 2. The number of fused-ring (bicyclic) bond motifs is 1. The Morgan fingerprint density at radius 3 is 2.68 bits per heavy atom. The topological polar surface area (TPSA) is 94.2 Å². The number of nitrogens with zero attached hydrogens (tertiary/aromatic N) is 3. The Kier molecular flexibility index (Phi) is 5.65. The molecule has 0 aliphatic carbocycles. The molecule has 0 spiro atoms. The quantitative estimate of drug-likeness (QED) is 0.609. The Morgan fingerprint density at radius 2 is 1.96 bits per heavy atom. The van der Waals surface area contributed by atoms with Crippen molar-refractivity contribution in [2.45, 2.75) is 26.2 Å². The second-order valence-corrected chi connectivity index (χ2v) is 5.92. The number of nitriles is 1. The molecule has 2 aromatic carbocycles. The summed E-state index contributed by atoms with van der Waals surface area (Å²) in [6, 6.07) is 13.9. The van der Waals surface area contributed by atoms with Gasteiger partial charge in [-0.1, -0.05) is 12.1 Å². The largest absolute Gasteiger partial charge is 0.479 e. The highest BCUT2D eigenvalue weighted by Gasteiger charge is 2.19. The maximum absolute atomic E-state index is 12.9. The first kappa shape index (κ1) is 19.0. The minimum Gasteiger partial charge on any atom is -0.479 e. The molecular formula is C20H16FN3O4. The van der Waals surface area contributed by atoms with Crippen molar-refractivity contribution in [3.05, 3.63) is 70.5 Å². The van der Waals surface area contributed by atoms with Gasteiger partial charge in [0.1, 0.15) is 24.7 Å². The highest BCUT2D eigenvalue weighted by molar-refractivity contribution is 5.77. The summed E-state index contributed by atoms with van der Waals surface area (Å²) >= 11 is 0. The van der Waals surface area contributed by atoms with Crippen molar-refractivity contribution in [3.63, 3.8) is 0 Å². The van der Waals surface area contributed by atoms with Gasteiger partial charge in [0.25, 0.3) is 5.56 Å². The van der Waals surface area contributed by atoms with E-state index in [1.54, 1.807) is 24.3 Å². The summed E-state index contributed by atoms with van der Waals surface area (Å²) in [6.45, 7) is 0.977. The van der Waals surface area contributed by atoms with Crippen molar-refractivity contribution in [1.82, 2.24) is 9.55 Å². The van der Waals surface area contributed by atoms with E-state index in [4.69, 9.17) is 14.7 Å². The molecule has 0 N–H and O–H groups in total. The summed E-state index contributed by atoms with van der Waals surface area (Å²) in [5, 5.41) is 9.37. The fourth-order valence-electron chi connectivity index (χ4n) is 2.58. The van der Waals surface area contributed by atoms with E-state index in [-0.39, 0.29) is 24.5 Å². The number of carbonyl (C=O) groups is 1. The van der Waals surface area contributed by atoms with Gasteiger partial charge in [0.05, 0.1) is 17.0 Å². The smallest absolute Gasteiger partial charge is 0.347 e. The monoisotopic (exact) mass is 381 g/mol. The number of esters is 1. The fraction of sp³-hybridized carbons (Fsp3) is 0.200. The Hall–Kier alpha value is -3.73. The summed E-state index contributed by atoms with van der Waals surface area (Å²) in [5.74, 6) is -0.626. The molecule has 1 heterocycles. The van der Waals surface area contributed by atoms with E-state index in [1.807, 2.05) is 6.07 Å². The van der Waals surface area contributed by atoms with Gasteiger partial charge in [-0.2, -0.15) is 5.26 Å². The SMILES string of the molecule is C[C@@H](Oc1ccc(F)cc1)C(=O)OCc1nc2ccccc2c(=O)n1CC#N. The molecule has 0 saturated carbocycles. The lowest BCUT2D eigenvalue weighted by Gasteiger charge is -2.15. The van der Waals surface area contributed by atoms with Crippen LogP contribution in [-0.4, -0.2) is 21.6 Å². The average Bonchev–Trinajstić information content (AvgIpc) is 2.70. The maximum Gasteiger partial charge on any atom is 0.347 e. The van der Waals surface area contributed by atoms with Crippen molar-refractivity contribution in [1.29, 1.82) is 5.26 Å². The van der Waals surface area contributed by atoms with Crippen molar-refractivity contribution in [2.75, 3.05) is 0 Å². The molecule has 8 heteroatoms. The molecule has 0 fully saturated rings. The predicted molar refractivity (Wildman–Crippen MR) is 97.9 cm³/mol. The van der Waals surface area contributed by atoms with Gasteiger partial charge < -0.3 is 9.47 Å². The van der Waals surface area contributed by atoms with Crippen molar-refractivity contribution >= 4 is 16.9 Å². The summed E-state index contributed by atoms with van der Waals surface area (Å²) < 4.78 is 24.7. The van der Waals surface area contributed by atoms with Crippen LogP contribution in [0, 0.1) is 17.1 Å². The van der Waals surface area contributed by atoms with Crippen LogP contribution in [0.3, 0.4) is 0 Å². The molecule has 0 unspecified atom stereocenters. The zero-order valence-electron chi connectivity index (χ0n) is 15.0. The van der Waals surface area contributed by atoms with Crippen LogP contribution in [0.25, 0.3) is 10.9 Å². The van der Waals surface area contributed by atoms with E-state index in [0.29, 0.717) is 16.7 Å². The normalized spacial score (nSPS) is 11.6. The third-order valence-corrected chi connectivity index (χ3v) is 3.97. The third kappa shape index (κ3) is 4.15. The first-order valence-corrected chi connectivity index (χ1v) is 8.44. The van der Waals surface area contributed by atoms with Gasteiger partial charge >= 0.3 is 5.97 Å². The lowest BCUT2D eigenvalue weighted by atomic mass is 10.2. The zero-order chi connectivity index (χ0) is 20.1. The first-order valence-electron chi connectivity index (χ1n) is 8.44. The van der Waals surface area contributed by atoms with Gasteiger partial charge in [0.15, 0.2) is 11.9 Å². The molecule has 0 amide bonds. The molecule has 0 bridgehead atoms. The minimum absolute atomic E-state index is 0.160. The molecule has 1 atom stereocenters. The minimum atomic E-state index is -0.956.